The molecule has 0 bridgehead atoms. The summed E-state index contributed by atoms with van der Waals surface area (Å²) in [6.45, 7) is 2.27. The molecule has 2 heterocycles. The first-order chi connectivity index (χ1) is 14.9. The van der Waals surface area contributed by atoms with E-state index < -0.39 is 11.9 Å². The van der Waals surface area contributed by atoms with Crippen LogP contribution >= 0.6 is 11.6 Å². The Morgan fingerprint density at radius 1 is 1.00 bits per heavy atom. The van der Waals surface area contributed by atoms with Gasteiger partial charge in [-0.15, -0.1) is 0 Å². The molecule has 1 saturated heterocycles. The molecule has 1 aliphatic rings. The van der Waals surface area contributed by atoms with Gasteiger partial charge in [0.25, 0.3) is 0 Å². The van der Waals surface area contributed by atoms with Crippen molar-refractivity contribution < 1.29 is 19.8 Å². The maximum absolute atomic E-state index is 9.55. The van der Waals surface area contributed by atoms with E-state index in [0.29, 0.717) is 18.1 Å². The van der Waals surface area contributed by atoms with E-state index in [4.69, 9.17) is 26.9 Å². The summed E-state index contributed by atoms with van der Waals surface area (Å²) in [4.78, 5) is 21.5. The largest absolute Gasteiger partial charge is 0.478 e. The molecule has 1 aliphatic heterocycles. The molecular weight excluding hydrogens is 418 g/mol. The van der Waals surface area contributed by atoms with E-state index in [1.165, 1.54) is 23.9 Å². The average Bonchev–Trinajstić information content (AvgIpc) is 3.13. The quantitative estimate of drug-likeness (QED) is 0.589. The smallest absolute Gasteiger partial charge is 0.328 e. The molecule has 0 aliphatic carbocycles. The zero-order chi connectivity index (χ0) is 22.4. The van der Waals surface area contributed by atoms with Crippen molar-refractivity contribution in [2.75, 3.05) is 20.1 Å². The fourth-order valence-electron chi connectivity index (χ4n) is 3.62. The molecule has 0 unspecified atom stereocenters. The lowest BCUT2D eigenvalue weighted by molar-refractivity contribution is -0.134. The van der Waals surface area contributed by atoms with Crippen LogP contribution in [0.1, 0.15) is 24.5 Å². The summed E-state index contributed by atoms with van der Waals surface area (Å²) in [6, 6.07) is 16.4. The molecule has 31 heavy (non-hydrogen) atoms. The number of halogens is 1. The van der Waals surface area contributed by atoms with Crippen molar-refractivity contribution in [3.8, 4) is 5.69 Å². The van der Waals surface area contributed by atoms with Gasteiger partial charge in [0, 0.05) is 23.5 Å². The van der Waals surface area contributed by atoms with Gasteiger partial charge in [-0.05, 0) is 51.2 Å². The van der Waals surface area contributed by atoms with Crippen LogP contribution in [0, 0.1) is 0 Å². The van der Waals surface area contributed by atoms with Crippen molar-refractivity contribution in [3.05, 3.63) is 71.4 Å². The number of carboxylic acid groups (broad SMARTS) is 2. The number of hydrogen-bond acceptors (Lipinski definition) is 4. The molecule has 2 aromatic carbocycles. The van der Waals surface area contributed by atoms with Crippen LogP contribution in [-0.4, -0.2) is 57.0 Å². The van der Waals surface area contributed by atoms with Crippen molar-refractivity contribution in [2.24, 2.45) is 0 Å². The molecule has 8 heteroatoms. The Hall–Kier alpha value is -3.16. The Bertz CT molecular complexity index is 1090. The summed E-state index contributed by atoms with van der Waals surface area (Å²) in [7, 11) is 2.19. The van der Waals surface area contributed by atoms with Crippen LogP contribution < -0.4 is 0 Å². The molecule has 1 fully saturated rings. The zero-order valence-corrected chi connectivity index (χ0v) is 17.9. The Morgan fingerprint density at radius 3 is 2.19 bits per heavy atom. The molecule has 7 nitrogen and oxygen atoms in total. The predicted octanol–water partition coefficient (Wildman–Crippen LogP) is 4.20. The lowest BCUT2D eigenvalue weighted by Gasteiger charge is -2.28. The average molecular weight is 442 g/mol. The van der Waals surface area contributed by atoms with Crippen LogP contribution in [0.4, 0.5) is 0 Å². The molecule has 2 N–H and O–H groups in total. The summed E-state index contributed by atoms with van der Waals surface area (Å²) in [5, 5.41) is 22.6. The van der Waals surface area contributed by atoms with Crippen LogP contribution in [0.15, 0.2) is 60.7 Å². The Kier molecular flexibility index (Phi) is 7.44. The number of carbonyl (C=O) groups is 2. The normalized spacial score (nSPS) is 15.0. The van der Waals surface area contributed by atoms with Crippen LogP contribution in [0.3, 0.4) is 0 Å². The lowest BCUT2D eigenvalue weighted by Crippen LogP contribution is -2.29. The van der Waals surface area contributed by atoms with Crippen molar-refractivity contribution in [3.63, 3.8) is 0 Å². The number of nitrogens with zero attached hydrogens (tertiary/aromatic N) is 3. The number of hydrogen-bond donors (Lipinski definition) is 2. The summed E-state index contributed by atoms with van der Waals surface area (Å²) in [5.41, 5.74) is 3.30. The standard InChI is InChI=1S/C19H20ClN3.C4H4O4/c1-22-12-10-14(11-13-22)19-15-6-2-4-8-17(15)23(21-19)18-9-5-3-7-16(18)20;5-3(6)1-2-4(7)8/h2-9,14H,10-13H2,1H3;1-2H,(H,5,6)(H,7,8)/b;2-1+. The Morgan fingerprint density at radius 2 is 1.58 bits per heavy atom. The predicted molar refractivity (Wildman–Crippen MR) is 120 cm³/mol. The number of fused-ring (bicyclic) bond motifs is 1. The first-order valence-electron chi connectivity index (χ1n) is 9.92. The first-order valence-corrected chi connectivity index (χ1v) is 10.3. The second-order valence-electron chi connectivity index (χ2n) is 7.35. The minimum absolute atomic E-state index is 0.528. The van der Waals surface area contributed by atoms with Gasteiger partial charge in [0.2, 0.25) is 0 Å². The molecule has 1 aromatic heterocycles. The van der Waals surface area contributed by atoms with Gasteiger partial charge >= 0.3 is 11.9 Å². The molecular formula is C23H24ClN3O4. The van der Waals surface area contributed by atoms with Gasteiger partial charge in [-0.2, -0.15) is 5.10 Å². The highest BCUT2D eigenvalue weighted by atomic mass is 35.5. The van der Waals surface area contributed by atoms with E-state index in [0.717, 1.165) is 29.3 Å². The number of para-hydroxylation sites is 2. The fourth-order valence-corrected chi connectivity index (χ4v) is 3.84. The lowest BCUT2D eigenvalue weighted by atomic mass is 9.92. The van der Waals surface area contributed by atoms with Crippen LogP contribution in [0.5, 0.6) is 0 Å². The van der Waals surface area contributed by atoms with E-state index in [1.807, 2.05) is 28.9 Å². The van der Waals surface area contributed by atoms with Crippen molar-refractivity contribution in [1.82, 2.24) is 14.7 Å². The third-order valence-electron chi connectivity index (χ3n) is 5.17. The van der Waals surface area contributed by atoms with Crippen molar-refractivity contribution >= 4 is 34.4 Å². The second-order valence-corrected chi connectivity index (χ2v) is 7.76. The molecule has 0 radical (unpaired) electrons. The summed E-state index contributed by atoms with van der Waals surface area (Å²) in [5.74, 6) is -1.99. The number of rotatable bonds is 4. The maximum atomic E-state index is 9.55. The number of carboxylic acids is 2. The van der Waals surface area contributed by atoms with Gasteiger partial charge in [-0.1, -0.05) is 41.9 Å². The molecule has 4 rings (SSSR count). The van der Waals surface area contributed by atoms with E-state index in [2.05, 4.69) is 36.2 Å². The van der Waals surface area contributed by atoms with Gasteiger partial charge in [0.1, 0.15) is 0 Å². The minimum atomic E-state index is -1.26. The summed E-state index contributed by atoms with van der Waals surface area (Å²) < 4.78 is 2.01. The maximum Gasteiger partial charge on any atom is 0.328 e. The number of aromatic nitrogens is 2. The van der Waals surface area contributed by atoms with E-state index >= 15 is 0 Å². The molecule has 0 atom stereocenters. The third kappa shape index (κ3) is 5.71. The topological polar surface area (TPSA) is 95.7 Å². The molecule has 3 aromatic rings. The summed E-state index contributed by atoms with van der Waals surface area (Å²) in [6.07, 6.45) is 3.45. The SMILES string of the molecule is CN1CCC(c2nn(-c3ccccc3Cl)c3ccccc23)CC1.O=C(O)/C=C/C(=O)O. The van der Waals surface area contributed by atoms with Crippen LogP contribution in [0.25, 0.3) is 16.6 Å². The monoisotopic (exact) mass is 441 g/mol. The van der Waals surface area contributed by atoms with Gasteiger partial charge in [0.05, 0.1) is 21.9 Å². The van der Waals surface area contributed by atoms with Crippen molar-refractivity contribution in [2.45, 2.75) is 18.8 Å². The van der Waals surface area contributed by atoms with E-state index in [1.54, 1.807) is 0 Å². The molecule has 0 saturated carbocycles. The highest BCUT2D eigenvalue weighted by Crippen LogP contribution is 2.34. The Labute approximate surface area is 185 Å². The minimum Gasteiger partial charge on any atom is -0.478 e. The number of piperidine rings is 1. The zero-order valence-electron chi connectivity index (χ0n) is 17.1. The fraction of sp³-hybridized carbons (Fsp3) is 0.261. The third-order valence-corrected chi connectivity index (χ3v) is 5.49. The van der Waals surface area contributed by atoms with Gasteiger partial charge in [-0.3, -0.25) is 0 Å². The molecule has 0 spiro atoms. The van der Waals surface area contributed by atoms with Gasteiger partial charge < -0.3 is 15.1 Å². The number of benzene rings is 2. The number of likely N-dealkylation sites (tertiary alicyclic amines) is 1. The van der Waals surface area contributed by atoms with E-state index in [-0.39, 0.29) is 0 Å². The van der Waals surface area contributed by atoms with E-state index in [9.17, 15) is 9.59 Å². The first kappa shape index (κ1) is 22.5. The molecule has 0 amide bonds. The highest BCUT2D eigenvalue weighted by molar-refractivity contribution is 6.32. The molecule has 162 valence electrons. The summed E-state index contributed by atoms with van der Waals surface area (Å²) >= 11 is 6.41. The number of aliphatic carboxylic acids is 2. The highest BCUT2D eigenvalue weighted by Gasteiger charge is 2.24. The second kappa shape index (κ2) is 10.2. The Balaban J connectivity index is 0.000000293. The van der Waals surface area contributed by atoms with Crippen molar-refractivity contribution in [1.29, 1.82) is 0 Å². The van der Waals surface area contributed by atoms with Gasteiger partial charge in [0.15, 0.2) is 0 Å². The van der Waals surface area contributed by atoms with Crippen LogP contribution in [-0.2, 0) is 9.59 Å². The van der Waals surface area contributed by atoms with Gasteiger partial charge in [-0.25, -0.2) is 14.3 Å². The van der Waals surface area contributed by atoms with Crippen LogP contribution in [0.2, 0.25) is 5.02 Å².